The van der Waals surface area contributed by atoms with Crippen LogP contribution in [0.25, 0.3) is 11.1 Å². The zero-order valence-electron chi connectivity index (χ0n) is 23.4. The van der Waals surface area contributed by atoms with Gasteiger partial charge in [-0.15, -0.1) is 0 Å². The third-order valence-electron chi connectivity index (χ3n) is 8.05. The zero-order chi connectivity index (χ0) is 27.6. The number of nitrogens with one attached hydrogen (secondary N) is 2. The molecule has 2 heterocycles. The fourth-order valence-electron chi connectivity index (χ4n) is 5.93. The molecule has 3 aromatic rings. The van der Waals surface area contributed by atoms with Gasteiger partial charge in [0, 0.05) is 57.4 Å². The normalized spacial score (nSPS) is 18.6. The van der Waals surface area contributed by atoms with Crippen molar-refractivity contribution < 1.29 is 9.90 Å². The second-order valence-corrected chi connectivity index (χ2v) is 11.2. The molecule has 0 saturated carbocycles. The Labute approximate surface area is 238 Å². The van der Waals surface area contributed by atoms with Crippen molar-refractivity contribution in [2.24, 2.45) is 0 Å². The summed E-state index contributed by atoms with van der Waals surface area (Å²) in [5, 5.41) is 17.1. The van der Waals surface area contributed by atoms with E-state index in [1.165, 1.54) is 5.56 Å². The minimum atomic E-state index is -0.358. The first-order valence-electron chi connectivity index (χ1n) is 14.7. The van der Waals surface area contributed by atoms with Crippen molar-refractivity contribution in [2.45, 2.75) is 38.0 Å². The van der Waals surface area contributed by atoms with Crippen LogP contribution in [0.5, 0.6) is 0 Å². The number of piperidine rings is 1. The van der Waals surface area contributed by atoms with Gasteiger partial charge in [-0.05, 0) is 49.5 Å². The molecule has 3 aromatic carbocycles. The van der Waals surface area contributed by atoms with Gasteiger partial charge in [0.05, 0.1) is 11.8 Å². The highest BCUT2D eigenvalue weighted by Crippen LogP contribution is 2.27. The first-order valence-corrected chi connectivity index (χ1v) is 14.7. The van der Waals surface area contributed by atoms with Crippen LogP contribution in [0.15, 0.2) is 84.9 Å². The predicted octanol–water partition coefficient (Wildman–Crippen LogP) is 4.51. The van der Waals surface area contributed by atoms with E-state index in [0.29, 0.717) is 6.54 Å². The molecule has 0 bridgehead atoms. The third-order valence-corrected chi connectivity index (χ3v) is 8.05. The highest BCUT2D eigenvalue weighted by Gasteiger charge is 2.24. The quantitative estimate of drug-likeness (QED) is 0.372. The van der Waals surface area contributed by atoms with Gasteiger partial charge in [0.25, 0.3) is 0 Å². The molecule has 0 aliphatic carbocycles. The summed E-state index contributed by atoms with van der Waals surface area (Å²) in [6.07, 6.45) is 2.55. The minimum Gasteiger partial charge on any atom is -0.390 e. The number of hydrogen-bond acceptors (Lipinski definition) is 5. The molecule has 7 heteroatoms. The van der Waals surface area contributed by atoms with Gasteiger partial charge in [-0.3, -0.25) is 9.80 Å². The molecule has 3 N–H and O–H groups in total. The highest BCUT2D eigenvalue weighted by atomic mass is 16.3. The van der Waals surface area contributed by atoms with Crippen LogP contribution in [-0.4, -0.2) is 90.3 Å². The Morgan fingerprint density at radius 3 is 2.10 bits per heavy atom. The number of aliphatic hydroxyl groups excluding tert-OH is 1. The van der Waals surface area contributed by atoms with E-state index < -0.39 is 0 Å². The Morgan fingerprint density at radius 2 is 1.35 bits per heavy atom. The lowest BCUT2D eigenvalue weighted by atomic mass is 10.0. The number of hydrogen-bond donors (Lipinski definition) is 3. The number of benzene rings is 3. The Kier molecular flexibility index (Phi) is 10.2. The summed E-state index contributed by atoms with van der Waals surface area (Å²) in [7, 11) is 0. The Hall–Kier alpha value is -3.23. The molecular formula is C33H43N5O2. The van der Waals surface area contributed by atoms with Crippen LogP contribution in [-0.2, 0) is 6.54 Å². The van der Waals surface area contributed by atoms with Crippen LogP contribution in [0, 0.1) is 0 Å². The van der Waals surface area contributed by atoms with Crippen molar-refractivity contribution >= 4 is 11.7 Å². The fraction of sp³-hybridized carbons (Fsp3) is 0.424. The maximum Gasteiger partial charge on any atom is 0.319 e. The largest absolute Gasteiger partial charge is 0.390 e. The van der Waals surface area contributed by atoms with Crippen LogP contribution in [0.3, 0.4) is 0 Å². The SMILES string of the molecule is O=C(Nc1ccccc1-c1ccccc1)NC1CCN(CC(O)CN2CCCN(Cc3ccccc3)CC2)CC1. The van der Waals surface area contributed by atoms with E-state index in [9.17, 15) is 9.90 Å². The number of nitrogens with zero attached hydrogens (tertiary/aromatic N) is 3. The number of carbonyl (C=O) groups is 1. The number of amides is 2. The van der Waals surface area contributed by atoms with Gasteiger partial charge in [0.2, 0.25) is 0 Å². The lowest BCUT2D eigenvalue weighted by Gasteiger charge is -2.34. The number of urea groups is 1. The fourth-order valence-corrected chi connectivity index (χ4v) is 5.93. The van der Waals surface area contributed by atoms with Gasteiger partial charge >= 0.3 is 6.03 Å². The smallest absolute Gasteiger partial charge is 0.319 e. The summed E-state index contributed by atoms with van der Waals surface area (Å²) in [4.78, 5) is 20.1. The molecule has 212 valence electrons. The Bertz CT molecular complexity index is 1180. The molecule has 7 nitrogen and oxygen atoms in total. The molecule has 2 aliphatic rings. The molecule has 40 heavy (non-hydrogen) atoms. The van der Waals surface area contributed by atoms with Crippen molar-refractivity contribution in [3.63, 3.8) is 0 Å². The van der Waals surface area contributed by atoms with Gasteiger partial charge < -0.3 is 20.6 Å². The first-order chi connectivity index (χ1) is 19.6. The van der Waals surface area contributed by atoms with E-state index in [4.69, 9.17) is 0 Å². The summed E-state index contributed by atoms with van der Waals surface area (Å²) >= 11 is 0. The summed E-state index contributed by atoms with van der Waals surface area (Å²) in [5.74, 6) is 0. The van der Waals surface area contributed by atoms with Crippen molar-refractivity contribution in [1.82, 2.24) is 20.0 Å². The predicted molar refractivity (Wildman–Crippen MR) is 162 cm³/mol. The summed E-state index contributed by atoms with van der Waals surface area (Å²) < 4.78 is 0. The van der Waals surface area contributed by atoms with Gasteiger partial charge in [-0.1, -0.05) is 78.9 Å². The molecule has 0 spiro atoms. The summed E-state index contributed by atoms with van der Waals surface area (Å²) in [5.41, 5.74) is 4.26. The average Bonchev–Trinajstić information content (AvgIpc) is 3.20. The highest BCUT2D eigenvalue weighted by molar-refractivity contribution is 5.94. The molecule has 2 fully saturated rings. The van der Waals surface area contributed by atoms with Crippen LogP contribution in [0.4, 0.5) is 10.5 Å². The Morgan fingerprint density at radius 1 is 0.750 bits per heavy atom. The third kappa shape index (κ3) is 8.38. The molecule has 0 aromatic heterocycles. The second kappa shape index (κ2) is 14.4. The maximum atomic E-state index is 12.8. The van der Waals surface area contributed by atoms with Crippen LogP contribution >= 0.6 is 0 Å². The molecule has 2 amide bonds. The number of rotatable bonds is 9. The van der Waals surface area contributed by atoms with Crippen molar-refractivity contribution in [3.05, 3.63) is 90.5 Å². The number of β-amino-alcohol motifs (C(OH)–C–C–N with tert-alkyl or cyclic N) is 1. The van der Waals surface area contributed by atoms with Gasteiger partial charge in [-0.25, -0.2) is 4.79 Å². The van der Waals surface area contributed by atoms with Crippen molar-refractivity contribution in [2.75, 3.05) is 57.7 Å². The average molecular weight is 542 g/mol. The van der Waals surface area contributed by atoms with Crippen LogP contribution < -0.4 is 10.6 Å². The number of likely N-dealkylation sites (tertiary alicyclic amines) is 1. The van der Waals surface area contributed by atoms with E-state index in [1.54, 1.807) is 0 Å². The van der Waals surface area contributed by atoms with Gasteiger partial charge in [0.1, 0.15) is 0 Å². The zero-order valence-corrected chi connectivity index (χ0v) is 23.4. The van der Waals surface area contributed by atoms with Crippen LogP contribution in [0.2, 0.25) is 0 Å². The number of aliphatic hydroxyl groups is 1. The monoisotopic (exact) mass is 541 g/mol. The molecular weight excluding hydrogens is 498 g/mol. The van der Waals surface area contributed by atoms with Crippen molar-refractivity contribution in [3.8, 4) is 11.1 Å². The Balaban J connectivity index is 1.01. The van der Waals surface area contributed by atoms with Crippen LogP contribution in [0.1, 0.15) is 24.8 Å². The lowest BCUT2D eigenvalue weighted by Crippen LogP contribution is -2.49. The molecule has 0 radical (unpaired) electrons. The summed E-state index contributed by atoms with van der Waals surface area (Å²) in [6, 6.07) is 28.7. The standard InChI is InChI=1S/C33H43N5O2/c39-30(25-37-19-9-18-36(22-23-37)24-27-10-3-1-4-11-27)26-38-20-16-29(17-21-38)34-33(40)35-32-15-8-7-14-31(32)28-12-5-2-6-13-28/h1-8,10-15,29-30,39H,9,16-26H2,(H2,34,35,40). The summed E-state index contributed by atoms with van der Waals surface area (Å²) in [6.45, 7) is 8.35. The second-order valence-electron chi connectivity index (χ2n) is 11.2. The molecule has 1 unspecified atom stereocenters. The number of carbonyl (C=O) groups excluding carboxylic acids is 1. The molecule has 2 saturated heterocycles. The van der Waals surface area contributed by atoms with E-state index in [-0.39, 0.29) is 18.2 Å². The van der Waals surface area contributed by atoms with E-state index in [0.717, 1.165) is 88.4 Å². The first kappa shape index (κ1) is 28.3. The molecule has 1 atom stereocenters. The molecule has 2 aliphatic heterocycles. The lowest BCUT2D eigenvalue weighted by molar-refractivity contribution is 0.0644. The van der Waals surface area contributed by atoms with Gasteiger partial charge in [-0.2, -0.15) is 0 Å². The number of anilines is 1. The van der Waals surface area contributed by atoms with E-state index in [2.05, 4.69) is 67.8 Å². The van der Waals surface area contributed by atoms with Crippen molar-refractivity contribution in [1.29, 1.82) is 0 Å². The van der Waals surface area contributed by atoms with E-state index >= 15 is 0 Å². The van der Waals surface area contributed by atoms with E-state index in [1.807, 2.05) is 42.5 Å². The maximum absolute atomic E-state index is 12.8. The van der Waals surface area contributed by atoms with Gasteiger partial charge in [0.15, 0.2) is 0 Å². The molecule has 5 rings (SSSR count). The minimum absolute atomic E-state index is 0.137. The topological polar surface area (TPSA) is 71.1 Å². The number of para-hydroxylation sites is 1.